The van der Waals surface area contributed by atoms with E-state index in [4.69, 9.17) is 0 Å². The van der Waals surface area contributed by atoms with Crippen LogP contribution >= 0.6 is 11.8 Å². The standard InChI is InChI=1S/C16H16N2O2S/c1-21-16-12(7-4-8-17-16)15(20)18-14-11-6-3-2-5-10(11)9-13(14)19/h2-8,13-14,19H,9H2,1H3,(H,18,20). The SMILES string of the molecule is CSc1ncccc1C(=O)NC1c2ccccc2CC1O. The maximum atomic E-state index is 12.5. The smallest absolute Gasteiger partial charge is 0.254 e. The molecule has 3 rings (SSSR count). The Labute approximate surface area is 127 Å². The molecule has 1 heterocycles. The van der Waals surface area contributed by atoms with Gasteiger partial charge in [0, 0.05) is 12.6 Å². The zero-order chi connectivity index (χ0) is 14.8. The van der Waals surface area contributed by atoms with Crippen molar-refractivity contribution in [3.05, 3.63) is 59.3 Å². The quantitative estimate of drug-likeness (QED) is 0.853. The number of hydrogen-bond acceptors (Lipinski definition) is 4. The predicted octanol–water partition coefficient (Wildman–Crippen LogP) is 2.19. The second-order valence-electron chi connectivity index (χ2n) is 4.98. The normalized spacial score (nSPS) is 20.1. The molecule has 1 aliphatic carbocycles. The minimum Gasteiger partial charge on any atom is -0.390 e. The number of amides is 1. The third-order valence-corrected chi connectivity index (χ3v) is 4.41. The number of aromatic nitrogens is 1. The molecule has 1 aliphatic rings. The van der Waals surface area contributed by atoms with E-state index in [9.17, 15) is 9.90 Å². The molecule has 4 nitrogen and oxygen atoms in total. The largest absolute Gasteiger partial charge is 0.390 e. The summed E-state index contributed by atoms with van der Waals surface area (Å²) in [5.41, 5.74) is 2.63. The fraction of sp³-hybridized carbons (Fsp3) is 0.250. The third-order valence-electron chi connectivity index (χ3n) is 3.70. The fourth-order valence-corrected chi connectivity index (χ4v) is 3.24. The van der Waals surface area contributed by atoms with E-state index in [1.54, 1.807) is 18.3 Å². The molecule has 5 heteroatoms. The molecule has 1 aromatic heterocycles. The van der Waals surface area contributed by atoms with Crippen molar-refractivity contribution >= 4 is 17.7 Å². The van der Waals surface area contributed by atoms with E-state index in [2.05, 4.69) is 10.3 Å². The first-order chi connectivity index (χ1) is 10.2. The number of carbonyl (C=O) groups excluding carboxylic acids is 1. The van der Waals surface area contributed by atoms with Gasteiger partial charge in [-0.15, -0.1) is 11.8 Å². The first-order valence-electron chi connectivity index (χ1n) is 6.76. The molecule has 21 heavy (non-hydrogen) atoms. The molecule has 2 atom stereocenters. The lowest BCUT2D eigenvalue weighted by Gasteiger charge is -2.18. The number of rotatable bonds is 3. The van der Waals surface area contributed by atoms with Crippen LogP contribution in [0, 0.1) is 0 Å². The van der Waals surface area contributed by atoms with E-state index >= 15 is 0 Å². The van der Waals surface area contributed by atoms with E-state index < -0.39 is 6.10 Å². The number of nitrogens with zero attached hydrogens (tertiary/aromatic N) is 1. The van der Waals surface area contributed by atoms with Crippen LogP contribution in [0.25, 0.3) is 0 Å². The monoisotopic (exact) mass is 300 g/mol. The zero-order valence-electron chi connectivity index (χ0n) is 11.6. The molecule has 0 saturated carbocycles. The Morgan fingerprint density at radius 3 is 2.95 bits per heavy atom. The van der Waals surface area contributed by atoms with E-state index in [1.165, 1.54) is 11.8 Å². The van der Waals surface area contributed by atoms with Gasteiger partial charge >= 0.3 is 0 Å². The second kappa shape index (κ2) is 5.87. The van der Waals surface area contributed by atoms with Gasteiger partial charge in [0.1, 0.15) is 5.03 Å². The first kappa shape index (κ1) is 14.1. The maximum absolute atomic E-state index is 12.5. The molecule has 0 saturated heterocycles. The highest BCUT2D eigenvalue weighted by atomic mass is 32.2. The molecular weight excluding hydrogens is 284 g/mol. The topological polar surface area (TPSA) is 62.2 Å². The van der Waals surface area contributed by atoms with Crippen LogP contribution in [0.5, 0.6) is 0 Å². The Balaban J connectivity index is 1.85. The molecular formula is C16H16N2O2S. The van der Waals surface area contributed by atoms with Crippen molar-refractivity contribution in [3.63, 3.8) is 0 Å². The van der Waals surface area contributed by atoms with Crippen LogP contribution in [0.2, 0.25) is 0 Å². The number of thioether (sulfide) groups is 1. The summed E-state index contributed by atoms with van der Waals surface area (Å²) in [6, 6.07) is 11.0. The van der Waals surface area contributed by atoms with Crippen LogP contribution in [0.3, 0.4) is 0 Å². The Kier molecular flexibility index (Phi) is 3.94. The van der Waals surface area contributed by atoms with Crippen LogP contribution in [-0.2, 0) is 6.42 Å². The van der Waals surface area contributed by atoms with Gasteiger partial charge in [0.05, 0.1) is 17.7 Å². The van der Waals surface area contributed by atoms with Crippen molar-refractivity contribution in [1.82, 2.24) is 10.3 Å². The Morgan fingerprint density at radius 1 is 1.33 bits per heavy atom. The molecule has 108 valence electrons. The van der Waals surface area contributed by atoms with Crippen molar-refractivity contribution in [2.24, 2.45) is 0 Å². The highest BCUT2D eigenvalue weighted by Gasteiger charge is 2.32. The van der Waals surface area contributed by atoms with Gasteiger partial charge in [0.15, 0.2) is 0 Å². The van der Waals surface area contributed by atoms with E-state index in [-0.39, 0.29) is 11.9 Å². The first-order valence-corrected chi connectivity index (χ1v) is 7.99. The van der Waals surface area contributed by atoms with Crippen LogP contribution in [0.4, 0.5) is 0 Å². The summed E-state index contributed by atoms with van der Waals surface area (Å²) in [4.78, 5) is 16.7. The summed E-state index contributed by atoms with van der Waals surface area (Å²) in [6.07, 6.45) is 3.55. The van der Waals surface area contributed by atoms with Crippen LogP contribution in [-0.4, -0.2) is 28.4 Å². The van der Waals surface area contributed by atoms with Gasteiger partial charge in [-0.05, 0) is 29.5 Å². The second-order valence-corrected chi connectivity index (χ2v) is 5.78. The van der Waals surface area contributed by atoms with Crippen LogP contribution in [0.15, 0.2) is 47.6 Å². The average molecular weight is 300 g/mol. The van der Waals surface area contributed by atoms with Crippen LogP contribution in [0.1, 0.15) is 27.5 Å². The molecule has 1 aromatic carbocycles. The predicted molar refractivity (Wildman–Crippen MR) is 82.4 cm³/mol. The Morgan fingerprint density at radius 2 is 2.14 bits per heavy atom. The van der Waals surface area contributed by atoms with Crippen molar-refractivity contribution in [1.29, 1.82) is 0 Å². The number of aliphatic hydroxyl groups is 1. The van der Waals surface area contributed by atoms with Gasteiger partial charge in [-0.3, -0.25) is 4.79 Å². The van der Waals surface area contributed by atoms with E-state index in [1.807, 2.05) is 30.5 Å². The van der Waals surface area contributed by atoms with Crippen molar-refractivity contribution in [3.8, 4) is 0 Å². The number of aliphatic hydroxyl groups excluding tert-OH is 1. The van der Waals surface area contributed by atoms with Gasteiger partial charge in [0.25, 0.3) is 5.91 Å². The lowest BCUT2D eigenvalue weighted by Crippen LogP contribution is -2.34. The summed E-state index contributed by atoms with van der Waals surface area (Å²) in [5, 5.41) is 13.8. The summed E-state index contributed by atoms with van der Waals surface area (Å²) in [5.74, 6) is -0.201. The highest BCUT2D eigenvalue weighted by molar-refractivity contribution is 7.98. The number of pyridine rings is 1. The molecule has 0 radical (unpaired) electrons. The third kappa shape index (κ3) is 2.66. The fourth-order valence-electron chi connectivity index (χ4n) is 2.69. The van der Waals surface area contributed by atoms with Gasteiger partial charge in [0.2, 0.25) is 0 Å². The molecule has 2 unspecified atom stereocenters. The Bertz CT molecular complexity index is 675. The molecule has 2 N–H and O–H groups in total. The molecule has 0 aliphatic heterocycles. The van der Waals surface area contributed by atoms with Gasteiger partial charge in [-0.1, -0.05) is 24.3 Å². The van der Waals surface area contributed by atoms with Gasteiger partial charge in [-0.2, -0.15) is 0 Å². The van der Waals surface area contributed by atoms with Crippen molar-refractivity contribution < 1.29 is 9.90 Å². The summed E-state index contributed by atoms with van der Waals surface area (Å²) >= 11 is 1.43. The number of fused-ring (bicyclic) bond motifs is 1. The zero-order valence-corrected chi connectivity index (χ0v) is 12.4. The summed E-state index contributed by atoms with van der Waals surface area (Å²) < 4.78 is 0. The molecule has 0 spiro atoms. The molecule has 1 amide bonds. The maximum Gasteiger partial charge on any atom is 0.254 e. The minimum absolute atomic E-state index is 0.201. The molecule has 0 bridgehead atoms. The number of nitrogens with one attached hydrogen (secondary N) is 1. The average Bonchev–Trinajstić information content (AvgIpc) is 2.83. The minimum atomic E-state index is -0.583. The molecule has 2 aromatic rings. The van der Waals surface area contributed by atoms with E-state index in [0.717, 1.165) is 11.1 Å². The van der Waals surface area contributed by atoms with Crippen LogP contribution < -0.4 is 5.32 Å². The summed E-state index contributed by atoms with van der Waals surface area (Å²) in [7, 11) is 0. The van der Waals surface area contributed by atoms with Crippen molar-refractivity contribution in [2.45, 2.75) is 23.6 Å². The lowest BCUT2D eigenvalue weighted by atomic mass is 10.1. The number of carbonyl (C=O) groups is 1. The Hall–Kier alpha value is -1.85. The molecule has 0 fully saturated rings. The van der Waals surface area contributed by atoms with Gasteiger partial charge < -0.3 is 10.4 Å². The van der Waals surface area contributed by atoms with Gasteiger partial charge in [-0.25, -0.2) is 4.98 Å². The number of benzene rings is 1. The summed E-state index contributed by atoms with van der Waals surface area (Å²) in [6.45, 7) is 0. The van der Waals surface area contributed by atoms with Crippen molar-refractivity contribution in [2.75, 3.05) is 6.26 Å². The highest BCUT2D eigenvalue weighted by Crippen LogP contribution is 2.31. The number of hydrogen-bond donors (Lipinski definition) is 2. The lowest BCUT2D eigenvalue weighted by molar-refractivity contribution is 0.0854. The van der Waals surface area contributed by atoms with E-state index in [0.29, 0.717) is 17.0 Å².